The number of aliphatic imine (C=N–C) groups is 1. The molecule has 16 heteroatoms. The van der Waals surface area contributed by atoms with Gasteiger partial charge in [0.2, 0.25) is 21.7 Å². The summed E-state index contributed by atoms with van der Waals surface area (Å²) < 4.78 is 56.4. The van der Waals surface area contributed by atoms with Gasteiger partial charge in [-0.15, -0.1) is 10.2 Å². The summed E-state index contributed by atoms with van der Waals surface area (Å²) in [6.45, 7) is 4.05. The molecule has 0 spiro atoms. The zero-order valence-electron chi connectivity index (χ0n) is 19.3. The summed E-state index contributed by atoms with van der Waals surface area (Å²) in [7, 11) is -8.06. The molecule has 3 aromatic rings. The lowest BCUT2D eigenvalue weighted by molar-refractivity contribution is 0.482. The quantitative estimate of drug-likeness (QED) is 0.362. The summed E-state index contributed by atoms with van der Waals surface area (Å²) >= 11 is 0. The first-order valence-corrected chi connectivity index (χ1v) is 14.0. The number of hydrogen-bond donors (Lipinski definition) is 2. The molecule has 14 nitrogen and oxygen atoms in total. The Morgan fingerprint density at radius 3 is 2.47 bits per heavy atom. The molecule has 3 aromatic heterocycles. The van der Waals surface area contributed by atoms with Crippen molar-refractivity contribution in [3.63, 3.8) is 0 Å². The van der Waals surface area contributed by atoms with Crippen LogP contribution in [0, 0.1) is 6.92 Å². The van der Waals surface area contributed by atoms with Crippen LogP contribution in [0.25, 0.3) is 11.5 Å². The van der Waals surface area contributed by atoms with Crippen molar-refractivity contribution in [2.75, 3.05) is 29.5 Å². The second-order valence-corrected chi connectivity index (χ2v) is 11.0. The Kier molecular flexibility index (Phi) is 6.94. The molecule has 0 saturated heterocycles. The number of hydrogen-bond acceptors (Lipinski definition) is 11. The second-order valence-electron chi connectivity index (χ2n) is 7.83. The van der Waals surface area contributed by atoms with E-state index >= 15 is 0 Å². The molecular weight excluding hydrogens is 510 g/mol. The highest BCUT2D eigenvalue weighted by Gasteiger charge is 2.31. The largest absolute Gasteiger partial charge is 0.356 e. The molecule has 36 heavy (non-hydrogen) atoms. The third-order valence-electron chi connectivity index (χ3n) is 5.18. The smallest absolute Gasteiger partial charge is 0.266 e. The number of nitrogens with zero attached hydrogens (tertiary/aromatic N) is 8. The van der Waals surface area contributed by atoms with E-state index in [0.717, 1.165) is 0 Å². The van der Waals surface area contributed by atoms with Crippen molar-refractivity contribution in [3.8, 4) is 11.5 Å². The van der Waals surface area contributed by atoms with Gasteiger partial charge in [0.25, 0.3) is 10.1 Å². The Morgan fingerprint density at radius 2 is 1.86 bits per heavy atom. The minimum atomic E-state index is -4.12. The Bertz CT molecular complexity index is 1570. The average molecular weight is 534 g/mol. The molecule has 0 unspecified atom stereocenters. The van der Waals surface area contributed by atoms with E-state index in [2.05, 4.69) is 30.3 Å². The first-order chi connectivity index (χ1) is 16.9. The molecule has 1 aliphatic heterocycles. The summed E-state index contributed by atoms with van der Waals surface area (Å²) in [6.07, 6.45) is 1.59. The number of pyridine rings is 2. The lowest BCUT2D eigenvalue weighted by Gasteiger charge is -2.21. The first-order valence-electron chi connectivity index (χ1n) is 10.7. The van der Waals surface area contributed by atoms with Gasteiger partial charge >= 0.3 is 0 Å². The molecule has 4 heterocycles. The molecule has 0 atom stereocenters. The molecule has 0 aliphatic carbocycles. The van der Waals surface area contributed by atoms with Crippen molar-refractivity contribution >= 4 is 43.1 Å². The molecule has 0 bridgehead atoms. The van der Waals surface area contributed by atoms with Crippen molar-refractivity contribution in [1.82, 2.24) is 24.8 Å². The third-order valence-corrected chi connectivity index (χ3v) is 6.55. The van der Waals surface area contributed by atoms with E-state index in [9.17, 15) is 16.8 Å². The molecule has 0 saturated carbocycles. The fourth-order valence-electron chi connectivity index (χ4n) is 3.49. The van der Waals surface area contributed by atoms with Gasteiger partial charge in [0.15, 0.2) is 0 Å². The van der Waals surface area contributed by atoms with Crippen molar-refractivity contribution in [1.29, 1.82) is 0 Å². The Morgan fingerprint density at radius 1 is 1.11 bits per heavy atom. The second kappa shape index (κ2) is 9.81. The lowest BCUT2D eigenvalue weighted by Crippen LogP contribution is -2.29. The van der Waals surface area contributed by atoms with Crippen LogP contribution in [0.4, 0.5) is 11.5 Å². The van der Waals surface area contributed by atoms with Crippen LogP contribution >= 0.6 is 0 Å². The van der Waals surface area contributed by atoms with Gasteiger partial charge in [0, 0.05) is 19.3 Å². The van der Waals surface area contributed by atoms with Crippen LogP contribution < -0.4 is 10.0 Å². The van der Waals surface area contributed by atoms with Crippen LogP contribution in [-0.2, 0) is 20.1 Å². The number of aromatic nitrogens is 5. The maximum Gasteiger partial charge on any atom is 0.266 e. The Hall–Kier alpha value is -3.60. The Labute approximate surface area is 207 Å². The number of rotatable bonds is 9. The lowest BCUT2D eigenvalue weighted by atomic mass is 10.2. The molecule has 4 rings (SSSR count). The molecule has 0 aromatic carbocycles. The maximum absolute atomic E-state index is 11.9. The van der Waals surface area contributed by atoms with E-state index in [1.165, 1.54) is 4.68 Å². The van der Waals surface area contributed by atoms with E-state index in [1.54, 1.807) is 48.4 Å². The predicted molar refractivity (Wildman–Crippen MR) is 134 cm³/mol. The van der Waals surface area contributed by atoms with Crippen LogP contribution in [0.2, 0.25) is 0 Å². The normalized spacial score (nSPS) is 14.7. The van der Waals surface area contributed by atoms with Crippen molar-refractivity contribution < 1.29 is 21.4 Å². The van der Waals surface area contributed by atoms with E-state index in [-0.39, 0.29) is 23.8 Å². The number of fused-ring (bicyclic) bond motifs is 1. The topological polar surface area (TPSA) is 199 Å². The number of nitrogens with two attached hydrogens (primary N) is 1. The summed E-state index contributed by atoms with van der Waals surface area (Å²) in [5.74, 6) is 0.0213. The molecule has 0 radical (unpaired) electrons. The van der Waals surface area contributed by atoms with E-state index in [1.807, 2.05) is 6.92 Å². The number of sulfonamides is 1. The van der Waals surface area contributed by atoms with Gasteiger partial charge in [-0.3, -0.25) is 9.54 Å². The summed E-state index contributed by atoms with van der Waals surface area (Å²) in [6, 6.07) is 8.54. The van der Waals surface area contributed by atoms with Gasteiger partial charge in [-0.1, -0.05) is 6.07 Å². The SMILES string of the molecule is CCN(CCS(=O)(=O)O)c1ccc(N=C2C(CS(N)(=O)=O)=Nn3c2nnc3-c2ccccn2)c(C)n1. The molecule has 0 fully saturated rings. The molecule has 1 aliphatic rings. The highest BCUT2D eigenvalue weighted by Crippen LogP contribution is 2.26. The van der Waals surface area contributed by atoms with E-state index in [4.69, 9.17) is 9.69 Å². The molecular formula is C20H23N9O5S2. The van der Waals surface area contributed by atoms with Crippen molar-refractivity contribution in [2.24, 2.45) is 15.2 Å². The van der Waals surface area contributed by atoms with Gasteiger partial charge in [0.1, 0.15) is 28.7 Å². The van der Waals surface area contributed by atoms with Gasteiger partial charge in [-0.2, -0.15) is 18.2 Å². The minimum Gasteiger partial charge on any atom is -0.356 e. The number of anilines is 1. The summed E-state index contributed by atoms with van der Waals surface area (Å²) in [5.41, 5.74) is 1.66. The molecule has 190 valence electrons. The highest BCUT2D eigenvalue weighted by molar-refractivity contribution is 7.90. The maximum atomic E-state index is 11.9. The van der Waals surface area contributed by atoms with E-state index < -0.39 is 31.6 Å². The van der Waals surface area contributed by atoms with Gasteiger partial charge in [-0.25, -0.2) is 23.5 Å². The van der Waals surface area contributed by atoms with Crippen molar-refractivity contribution in [2.45, 2.75) is 13.8 Å². The molecule has 0 amide bonds. The Balaban J connectivity index is 1.73. The number of aryl methyl sites for hydroxylation is 1. The van der Waals surface area contributed by atoms with Crippen LogP contribution in [0.1, 0.15) is 18.4 Å². The van der Waals surface area contributed by atoms with Crippen LogP contribution in [0.15, 0.2) is 46.6 Å². The zero-order valence-corrected chi connectivity index (χ0v) is 21.0. The fraction of sp³-hybridized carbons (Fsp3) is 0.300. The minimum absolute atomic E-state index is 0.0558. The molecule has 3 N–H and O–H groups in total. The predicted octanol–water partition coefficient (Wildman–Crippen LogP) is 0.385. The van der Waals surface area contributed by atoms with Gasteiger partial charge < -0.3 is 4.90 Å². The average Bonchev–Trinajstić information content (AvgIpc) is 3.34. The standard InChI is InChI=1S/C20H23N9O5S2/c1-3-28(10-11-36(32,33)34)17-8-7-14(13(2)23-17)24-18-16(12-35(21,30)31)27-29-19(25-26-20(18)29)15-6-4-5-9-22-15/h4-9H,3,10-12H2,1-2H3,(H2,21,30,31)(H,32,33,34). The van der Waals surface area contributed by atoms with E-state index in [0.29, 0.717) is 35.3 Å². The van der Waals surface area contributed by atoms with Gasteiger partial charge in [0.05, 0.1) is 17.1 Å². The summed E-state index contributed by atoms with van der Waals surface area (Å²) in [5, 5.41) is 17.9. The van der Waals surface area contributed by atoms with Gasteiger partial charge in [-0.05, 0) is 38.1 Å². The summed E-state index contributed by atoms with van der Waals surface area (Å²) in [4.78, 5) is 15.0. The van der Waals surface area contributed by atoms with Crippen LogP contribution in [0.3, 0.4) is 0 Å². The van der Waals surface area contributed by atoms with Crippen LogP contribution in [-0.4, -0.2) is 82.2 Å². The first kappa shape index (κ1) is 25.5. The monoisotopic (exact) mass is 533 g/mol. The fourth-order valence-corrected chi connectivity index (χ4v) is 4.52. The van der Waals surface area contributed by atoms with Crippen molar-refractivity contribution in [3.05, 3.63) is 48.0 Å². The number of primary sulfonamides is 1. The third kappa shape index (κ3) is 5.78. The highest BCUT2D eigenvalue weighted by atomic mass is 32.2. The van der Waals surface area contributed by atoms with Crippen LogP contribution in [0.5, 0.6) is 0 Å². The zero-order chi connectivity index (χ0) is 26.1.